The summed E-state index contributed by atoms with van der Waals surface area (Å²) in [6.45, 7) is 4.37. The van der Waals surface area contributed by atoms with Gasteiger partial charge in [0.05, 0.1) is 19.3 Å². The number of ether oxygens (including phenoxy) is 1. The average molecular weight is 243 g/mol. The van der Waals surface area contributed by atoms with Gasteiger partial charge in [0, 0.05) is 31.0 Å². The van der Waals surface area contributed by atoms with Crippen molar-refractivity contribution in [3.8, 4) is 0 Å². The lowest BCUT2D eigenvalue weighted by Crippen LogP contribution is -2.44. The Morgan fingerprint density at radius 3 is 3.25 bits per heavy atom. The summed E-state index contributed by atoms with van der Waals surface area (Å²) in [6, 6.07) is 0. The van der Waals surface area contributed by atoms with Gasteiger partial charge in [-0.05, 0) is 6.42 Å². The summed E-state index contributed by atoms with van der Waals surface area (Å²) >= 11 is 1.44. The van der Waals surface area contributed by atoms with E-state index in [1.165, 1.54) is 11.5 Å². The number of morpholine rings is 1. The van der Waals surface area contributed by atoms with Gasteiger partial charge in [0.15, 0.2) is 0 Å². The lowest BCUT2D eigenvalue weighted by Gasteiger charge is -2.31. The lowest BCUT2D eigenvalue weighted by atomic mass is 10.3. The monoisotopic (exact) mass is 243 g/mol. The Labute approximate surface area is 99.2 Å². The van der Waals surface area contributed by atoms with Crippen LogP contribution in [0.5, 0.6) is 0 Å². The number of aryl methyl sites for hydroxylation is 1. The third-order valence-corrected chi connectivity index (χ3v) is 3.36. The summed E-state index contributed by atoms with van der Waals surface area (Å²) in [5.41, 5.74) is 0. The van der Waals surface area contributed by atoms with Crippen molar-refractivity contribution in [2.75, 3.05) is 31.2 Å². The van der Waals surface area contributed by atoms with Gasteiger partial charge in [0.25, 0.3) is 0 Å². The summed E-state index contributed by atoms with van der Waals surface area (Å²) < 4.78 is 9.72. The van der Waals surface area contributed by atoms with Crippen LogP contribution in [0.25, 0.3) is 0 Å². The molecule has 0 bridgehead atoms. The van der Waals surface area contributed by atoms with Crippen LogP contribution in [0.2, 0.25) is 0 Å². The molecular formula is C10H17N3O2S. The second-order valence-electron chi connectivity index (χ2n) is 3.86. The van der Waals surface area contributed by atoms with Crippen LogP contribution in [0, 0.1) is 0 Å². The molecule has 0 saturated carbocycles. The van der Waals surface area contributed by atoms with Crippen molar-refractivity contribution in [1.29, 1.82) is 0 Å². The number of nitrogens with zero attached hydrogens (tertiary/aromatic N) is 3. The molecule has 5 nitrogen and oxygen atoms in total. The van der Waals surface area contributed by atoms with Gasteiger partial charge in [-0.2, -0.15) is 4.37 Å². The molecule has 2 rings (SSSR count). The predicted molar refractivity (Wildman–Crippen MR) is 62.9 cm³/mol. The molecule has 1 aliphatic heterocycles. The fraction of sp³-hybridized carbons (Fsp3) is 0.800. The van der Waals surface area contributed by atoms with Crippen LogP contribution in [-0.4, -0.2) is 46.9 Å². The molecule has 1 fully saturated rings. The zero-order valence-corrected chi connectivity index (χ0v) is 10.2. The van der Waals surface area contributed by atoms with E-state index in [-0.39, 0.29) is 12.7 Å². The molecule has 1 atom stereocenters. The number of anilines is 1. The first-order valence-electron chi connectivity index (χ1n) is 5.63. The van der Waals surface area contributed by atoms with E-state index >= 15 is 0 Å². The highest BCUT2D eigenvalue weighted by atomic mass is 32.1. The van der Waals surface area contributed by atoms with Gasteiger partial charge in [0.2, 0.25) is 5.13 Å². The molecule has 0 radical (unpaired) electrons. The van der Waals surface area contributed by atoms with Crippen LogP contribution in [0.3, 0.4) is 0 Å². The van der Waals surface area contributed by atoms with Gasteiger partial charge >= 0.3 is 0 Å². The number of hydrogen-bond acceptors (Lipinski definition) is 6. The lowest BCUT2D eigenvalue weighted by molar-refractivity contribution is 0.00355. The fourth-order valence-electron chi connectivity index (χ4n) is 1.70. The second-order valence-corrected chi connectivity index (χ2v) is 4.59. The Hall–Kier alpha value is -0.720. The van der Waals surface area contributed by atoms with E-state index in [0.717, 1.165) is 30.3 Å². The van der Waals surface area contributed by atoms with E-state index in [1.54, 1.807) is 0 Å². The number of hydrogen-bond donors (Lipinski definition) is 1. The summed E-state index contributed by atoms with van der Waals surface area (Å²) in [5, 5.41) is 10.0. The number of rotatable bonds is 4. The van der Waals surface area contributed by atoms with Gasteiger partial charge < -0.3 is 14.7 Å². The molecule has 0 amide bonds. The van der Waals surface area contributed by atoms with Crippen molar-refractivity contribution >= 4 is 16.7 Å². The first-order chi connectivity index (χ1) is 7.83. The third kappa shape index (κ3) is 2.69. The Bertz CT molecular complexity index is 332. The van der Waals surface area contributed by atoms with E-state index in [2.05, 4.69) is 21.2 Å². The van der Waals surface area contributed by atoms with Crippen LogP contribution >= 0.6 is 11.5 Å². The number of aliphatic hydroxyl groups excluding tert-OH is 1. The Morgan fingerprint density at radius 1 is 1.62 bits per heavy atom. The van der Waals surface area contributed by atoms with Crippen LogP contribution in [0.1, 0.15) is 19.2 Å². The van der Waals surface area contributed by atoms with Crippen molar-refractivity contribution in [1.82, 2.24) is 9.36 Å². The smallest absolute Gasteiger partial charge is 0.205 e. The largest absolute Gasteiger partial charge is 0.394 e. The number of aliphatic hydroxyl groups is 1. The molecular weight excluding hydrogens is 226 g/mol. The second kappa shape index (κ2) is 5.56. The molecule has 2 heterocycles. The maximum Gasteiger partial charge on any atom is 0.205 e. The minimum atomic E-state index is -0.0905. The first kappa shape index (κ1) is 11.8. The summed E-state index contributed by atoms with van der Waals surface area (Å²) in [6.07, 6.45) is 1.91. The predicted octanol–water partition coefficient (Wildman–Crippen LogP) is 0.688. The molecule has 0 aromatic carbocycles. The Balaban J connectivity index is 1.99. The molecule has 1 aromatic rings. The summed E-state index contributed by atoms with van der Waals surface area (Å²) in [4.78, 5) is 6.63. The van der Waals surface area contributed by atoms with Gasteiger partial charge in [-0.15, -0.1) is 0 Å². The molecule has 0 spiro atoms. The summed E-state index contributed by atoms with van der Waals surface area (Å²) in [7, 11) is 0. The van der Waals surface area contributed by atoms with E-state index in [0.29, 0.717) is 13.2 Å². The summed E-state index contributed by atoms with van der Waals surface area (Å²) in [5.74, 6) is 0.926. The third-order valence-electron chi connectivity index (χ3n) is 2.54. The minimum absolute atomic E-state index is 0.0666. The van der Waals surface area contributed by atoms with E-state index in [4.69, 9.17) is 9.84 Å². The van der Waals surface area contributed by atoms with Crippen LogP contribution in [0.4, 0.5) is 5.13 Å². The van der Waals surface area contributed by atoms with E-state index < -0.39 is 0 Å². The quantitative estimate of drug-likeness (QED) is 0.843. The zero-order chi connectivity index (χ0) is 11.4. The Kier molecular flexibility index (Phi) is 4.09. The fourth-order valence-corrected chi connectivity index (χ4v) is 2.45. The Morgan fingerprint density at radius 2 is 2.50 bits per heavy atom. The van der Waals surface area contributed by atoms with Gasteiger partial charge in [-0.25, -0.2) is 4.98 Å². The van der Waals surface area contributed by atoms with Crippen LogP contribution < -0.4 is 4.90 Å². The van der Waals surface area contributed by atoms with Crippen molar-refractivity contribution in [2.24, 2.45) is 0 Å². The molecule has 16 heavy (non-hydrogen) atoms. The maximum atomic E-state index is 9.06. The van der Waals surface area contributed by atoms with Crippen molar-refractivity contribution in [3.05, 3.63) is 5.82 Å². The van der Waals surface area contributed by atoms with Gasteiger partial charge in [0.1, 0.15) is 5.82 Å². The molecule has 0 aliphatic carbocycles. The van der Waals surface area contributed by atoms with Crippen molar-refractivity contribution < 1.29 is 9.84 Å². The normalized spacial score (nSPS) is 21.4. The van der Waals surface area contributed by atoms with Crippen molar-refractivity contribution in [3.63, 3.8) is 0 Å². The highest BCUT2D eigenvalue weighted by molar-refractivity contribution is 7.09. The van der Waals surface area contributed by atoms with Crippen molar-refractivity contribution in [2.45, 2.75) is 25.9 Å². The van der Waals surface area contributed by atoms with Gasteiger partial charge in [-0.3, -0.25) is 0 Å². The van der Waals surface area contributed by atoms with E-state index in [1.807, 2.05) is 0 Å². The highest BCUT2D eigenvalue weighted by Crippen LogP contribution is 2.20. The topological polar surface area (TPSA) is 58.5 Å². The average Bonchev–Trinajstić information content (AvgIpc) is 2.78. The minimum Gasteiger partial charge on any atom is -0.394 e. The SMILES string of the molecule is CCCc1nsc(N2CCOC(CO)C2)n1. The first-order valence-corrected chi connectivity index (χ1v) is 6.40. The van der Waals surface area contributed by atoms with Crippen LogP contribution in [0.15, 0.2) is 0 Å². The molecule has 90 valence electrons. The molecule has 6 heteroatoms. The van der Waals surface area contributed by atoms with Gasteiger partial charge in [-0.1, -0.05) is 6.92 Å². The molecule has 1 aliphatic rings. The zero-order valence-electron chi connectivity index (χ0n) is 9.43. The molecule has 1 unspecified atom stereocenters. The maximum absolute atomic E-state index is 9.06. The highest BCUT2D eigenvalue weighted by Gasteiger charge is 2.22. The van der Waals surface area contributed by atoms with Crippen LogP contribution in [-0.2, 0) is 11.2 Å². The standard InChI is InChI=1S/C10H17N3O2S/c1-2-3-9-11-10(16-12-9)13-4-5-15-8(6-13)7-14/h8,14H,2-7H2,1H3. The molecule has 1 N–H and O–H groups in total. The molecule has 1 aromatic heterocycles. The number of aromatic nitrogens is 2. The van der Waals surface area contributed by atoms with E-state index in [9.17, 15) is 0 Å². The molecule has 1 saturated heterocycles.